The Bertz CT molecular complexity index is 500. The van der Waals surface area contributed by atoms with Gasteiger partial charge in [-0.25, -0.2) is 4.79 Å². The van der Waals surface area contributed by atoms with Gasteiger partial charge >= 0.3 is 6.03 Å². The van der Waals surface area contributed by atoms with E-state index in [0.717, 1.165) is 24.2 Å². The molecular weight excluding hydrogens is 256 g/mol. The molecule has 1 fully saturated rings. The quantitative estimate of drug-likeness (QED) is 0.774. The number of ether oxygens (including phenoxy) is 1. The Hall–Kier alpha value is -1.75. The number of methoxy groups -OCH3 is 1. The molecule has 3 N–H and O–H groups in total. The Labute approximate surface area is 119 Å². The second kappa shape index (κ2) is 5.71. The second-order valence-electron chi connectivity index (χ2n) is 5.61. The SMILES string of the molecule is COc1ccc(NC(=O)NC(C)(CO)C2CC2)cc1C. The van der Waals surface area contributed by atoms with Crippen molar-refractivity contribution in [1.29, 1.82) is 0 Å². The van der Waals surface area contributed by atoms with Crippen molar-refractivity contribution in [2.45, 2.75) is 32.2 Å². The maximum Gasteiger partial charge on any atom is 0.319 e. The Morgan fingerprint density at radius 3 is 2.70 bits per heavy atom. The standard InChI is InChI=1S/C15H22N2O3/c1-10-8-12(6-7-13(10)20-3)16-14(19)17-15(2,9-18)11-4-5-11/h6-8,11,18H,4-5,9H2,1-3H3,(H2,16,17,19). The summed E-state index contributed by atoms with van der Waals surface area (Å²) in [7, 11) is 1.62. The number of aliphatic hydroxyl groups excluding tert-OH is 1. The van der Waals surface area contributed by atoms with E-state index >= 15 is 0 Å². The van der Waals surface area contributed by atoms with E-state index in [1.54, 1.807) is 13.2 Å². The van der Waals surface area contributed by atoms with Crippen LogP contribution in [0.1, 0.15) is 25.3 Å². The second-order valence-corrected chi connectivity index (χ2v) is 5.61. The molecule has 1 aliphatic rings. The molecule has 5 heteroatoms. The summed E-state index contributed by atoms with van der Waals surface area (Å²) in [6.45, 7) is 3.75. The first-order valence-electron chi connectivity index (χ1n) is 6.83. The lowest BCUT2D eigenvalue weighted by Gasteiger charge is -2.28. The lowest BCUT2D eigenvalue weighted by Crippen LogP contribution is -2.52. The highest BCUT2D eigenvalue weighted by atomic mass is 16.5. The van der Waals surface area contributed by atoms with Crippen molar-refractivity contribution in [3.8, 4) is 5.75 Å². The molecule has 0 aromatic heterocycles. The number of amides is 2. The van der Waals surface area contributed by atoms with Gasteiger partial charge in [0.15, 0.2) is 0 Å². The number of aliphatic hydroxyl groups is 1. The van der Waals surface area contributed by atoms with Crippen LogP contribution in [-0.4, -0.2) is 30.4 Å². The van der Waals surface area contributed by atoms with Gasteiger partial charge in [-0.1, -0.05) is 0 Å². The molecule has 2 amide bonds. The largest absolute Gasteiger partial charge is 0.496 e. The van der Waals surface area contributed by atoms with Crippen LogP contribution in [0.25, 0.3) is 0 Å². The summed E-state index contributed by atoms with van der Waals surface area (Å²) < 4.78 is 5.18. The summed E-state index contributed by atoms with van der Waals surface area (Å²) in [5.41, 5.74) is 1.13. The molecule has 2 rings (SSSR count). The van der Waals surface area contributed by atoms with Gasteiger partial charge in [-0.05, 0) is 56.4 Å². The number of carbonyl (C=O) groups is 1. The fourth-order valence-corrected chi connectivity index (χ4v) is 2.37. The smallest absolute Gasteiger partial charge is 0.319 e. The zero-order valence-corrected chi connectivity index (χ0v) is 12.2. The number of hydrogen-bond donors (Lipinski definition) is 3. The molecule has 0 spiro atoms. The van der Waals surface area contributed by atoms with E-state index in [2.05, 4.69) is 10.6 Å². The van der Waals surface area contributed by atoms with Gasteiger partial charge in [0.1, 0.15) is 5.75 Å². The average Bonchev–Trinajstić information content (AvgIpc) is 3.23. The normalized spacial score (nSPS) is 17.2. The third kappa shape index (κ3) is 3.22. The minimum Gasteiger partial charge on any atom is -0.496 e. The number of benzene rings is 1. The molecule has 0 bridgehead atoms. The lowest BCUT2D eigenvalue weighted by atomic mass is 9.97. The fraction of sp³-hybridized carbons (Fsp3) is 0.533. The third-order valence-electron chi connectivity index (χ3n) is 3.86. The van der Waals surface area contributed by atoms with E-state index in [1.165, 1.54) is 0 Å². The Morgan fingerprint density at radius 1 is 1.50 bits per heavy atom. The molecule has 110 valence electrons. The van der Waals surface area contributed by atoms with Crippen molar-refractivity contribution in [1.82, 2.24) is 5.32 Å². The highest BCUT2D eigenvalue weighted by Gasteiger charge is 2.42. The minimum absolute atomic E-state index is 0.0489. The van der Waals surface area contributed by atoms with Crippen LogP contribution in [-0.2, 0) is 0 Å². The van der Waals surface area contributed by atoms with Gasteiger partial charge in [0.05, 0.1) is 19.3 Å². The van der Waals surface area contributed by atoms with Gasteiger partial charge in [-0.3, -0.25) is 0 Å². The van der Waals surface area contributed by atoms with E-state index in [-0.39, 0.29) is 12.6 Å². The predicted octanol–water partition coefficient (Wildman–Crippen LogP) is 2.29. The van der Waals surface area contributed by atoms with Gasteiger partial charge in [0.25, 0.3) is 0 Å². The van der Waals surface area contributed by atoms with Gasteiger partial charge in [-0.2, -0.15) is 0 Å². The number of rotatable bonds is 5. The van der Waals surface area contributed by atoms with Gasteiger partial charge in [0, 0.05) is 5.69 Å². The summed E-state index contributed by atoms with van der Waals surface area (Å²) in [5, 5.41) is 15.1. The molecule has 20 heavy (non-hydrogen) atoms. The molecule has 0 radical (unpaired) electrons. The van der Waals surface area contributed by atoms with Crippen LogP contribution in [0.5, 0.6) is 5.75 Å². The number of anilines is 1. The van der Waals surface area contributed by atoms with Crippen molar-refractivity contribution < 1.29 is 14.6 Å². The van der Waals surface area contributed by atoms with Crippen LogP contribution in [0.4, 0.5) is 10.5 Å². The molecule has 5 nitrogen and oxygen atoms in total. The lowest BCUT2D eigenvalue weighted by molar-refractivity contribution is 0.159. The minimum atomic E-state index is -0.536. The summed E-state index contributed by atoms with van der Waals surface area (Å²) in [6, 6.07) is 5.17. The highest BCUT2D eigenvalue weighted by Crippen LogP contribution is 2.39. The van der Waals surface area contributed by atoms with E-state index < -0.39 is 5.54 Å². The Morgan fingerprint density at radius 2 is 2.20 bits per heavy atom. The molecule has 1 unspecified atom stereocenters. The van der Waals surface area contributed by atoms with Crippen LogP contribution in [0.2, 0.25) is 0 Å². The molecule has 1 saturated carbocycles. The first-order chi connectivity index (χ1) is 9.48. The zero-order chi connectivity index (χ0) is 14.8. The van der Waals surface area contributed by atoms with E-state index in [1.807, 2.05) is 26.0 Å². The topological polar surface area (TPSA) is 70.6 Å². The van der Waals surface area contributed by atoms with Crippen molar-refractivity contribution in [2.75, 3.05) is 19.0 Å². The predicted molar refractivity (Wildman–Crippen MR) is 78.1 cm³/mol. The summed E-state index contributed by atoms with van der Waals surface area (Å²) in [6.07, 6.45) is 2.11. The summed E-state index contributed by atoms with van der Waals surface area (Å²) >= 11 is 0. The molecule has 0 saturated heterocycles. The first kappa shape index (κ1) is 14.7. The van der Waals surface area contributed by atoms with Crippen LogP contribution >= 0.6 is 0 Å². The molecule has 1 aromatic carbocycles. The zero-order valence-electron chi connectivity index (χ0n) is 12.2. The number of nitrogens with one attached hydrogen (secondary N) is 2. The van der Waals surface area contributed by atoms with Crippen molar-refractivity contribution in [3.05, 3.63) is 23.8 Å². The molecule has 0 heterocycles. The van der Waals surface area contributed by atoms with Gasteiger partial charge < -0.3 is 20.5 Å². The molecule has 1 aromatic rings. The number of carbonyl (C=O) groups excluding carboxylic acids is 1. The number of aryl methyl sites for hydroxylation is 1. The summed E-state index contributed by atoms with van der Waals surface area (Å²) in [5.74, 6) is 1.16. The van der Waals surface area contributed by atoms with Crippen molar-refractivity contribution in [2.24, 2.45) is 5.92 Å². The van der Waals surface area contributed by atoms with Crippen LogP contribution in [0.15, 0.2) is 18.2 Å². The van der Waals surface area contributed by atoms with E-state index in [4.69, 9.17) is 4.74 Å². The third-order valence-corrected chi connectivity index (χ3v) is 3.86. The average molecular weight is 278 g/mol. The number of hydrogen-bond acceptors (Lipinski definition) is 3. The van der Waals surface area contributed by atoms with Gasteiger partial charge in [-0.15, -0.1) is 0 Å². The number of urea groups is 1. The van der Waals surface area contributed by atoms with Crippen molar-refractivity contribution >= 4 is 11.7 Å². The first-order valence-corrected chi connectivity index (χ1v) is 6.83. The monoisotopic (exact) mass is 278 g/mol. The van der Waals surface area contributed by atoms with Crippen LogP contribution in [0, 0.1) is 12.8 Å². The van der Waals surface area contributed by atoms with E-state index in [9.17, 15) is 9.90 Å². The molecule has 1 aliphatic carbocycles. The maximum absolute atomic E-state index is 12.0. The Kier molecular flexibility index (Phi) is 4.18. The fourth-order valence-electron chi connectivity index (χ4n) is 2.37. The molecule has 1 atom stereocenters. The summed E-state index contributed by atoms with van der Waals surface area (Å²) in [4.78, 5) is 12.0. The van der Waals surface area contributed by atoms with Crippen molar-refractivity contribution in [3.63, 3.8) is 0 Å². The van der Waals surface area contributed by atoms with E-state index in [0.29, 0.717) is 11.6 Å². The Balaban J connectivity index is 1.99. The molecular formula is C15H22N2O3. The maximum atomic E-state index is 12.0. The van der Waals surface area contributed by atoms with Gasteiger partial charge in [0.2, 0.25) is 0 Å². The van der Waals surface area contributed by atoms with Crippen LogP contribution < -0.4 is 15.4 Å². The molecule has 0 aliphatic heterocycles. The van der Waals surface area contributed by atoms with Crippen LogP contribution in [0.3, 0.4) is 0 Å². The highest BCUT2D eigenvalue weighted by molar-refractivity contribution is 5.90.